The van der Waals surface area contributed by atoms with Crippen molar-refractivity contribution in [2.75, 3.05) is 13.2 Å². The molecule has 0 radical (unpaired) electrons. The highest BCUT2D eigenvalue weighted by Crippen LogP contribution is 2.30. The van der Waals surface area contributed by atoms with E-state index < -0.39 is 5.60 Å². The molecule has 134 valence electrons. The highest BCUT2D eigenvalue weighted by atomic mass is 16.6. The van der Waals surface area contributed by atoms with Crippen LogP contribution in [-0.2, 0) is 4.74 Å². The van der Waals surface area contributed by atoms with E-state index in [2.05, 4.69) is 10.6 Å². The van der Waals surface area contributed by atoms with Gasteiger partial charge in [-0.15, -0.1) is 0 Å². The van der Waals surface area contributed by atoms with Crippen molar-refractivity contribution in [3.63, 3.8) is 0 Å². The highest BCUT2D eigenvalue weighted by Gasteiger charge is 2.29. The molecule has 2 aliphatic carbocycles. The molecule has 0 aromatic heterocycles. The van der Waals surface area contributed by atoms with Crippen LogP contribution >= 0.6 is 0 Å². The largest absolute Gasteiger partial charge is 0.444 e. The van der Waals surface area contributed by atoms with Crippen LogP contribution in [0.4, 0.5) is 4.79 Å². The van der Waals surface area contributed by atoms with Crippen LogP contribution in [0, 0.1) is 11.8 Å². The van der Waals surface area contributed by atoms with Crippen LogP contribution in [0.3, 0.4) is 0 Å². The van der Waals surface area contributed by atoms with Gasteiger partial charge in [0.15, 0.2) is 0 Å². The molecule has 2 saturated carbocycles. The minimum absolute atomic E-state index is 0.211. The summed E-state index contributed by atoms with van der Waals surface area (Å²) in [6.45, 7) is 6.96. The molecule has 0 aromatic carbocycles. The number of rotatable bonds is 5. The minimum Gasteiger partial charge on any atom is -0.444 e. The van der Waals surface area contributed by atoms with Gasteiger partial charge in [-0.2, -0.15) is 0 Å². The number of alkyl carbamates (subject to hydrolysis) is 1. The molecule has 0 spiro atoms. The van der Waals surface area contributed by atoms with Crippen LogP contribution in [-0.4, -0.2) is 42.0 Å². The van der Waals surface area contributed by atoms with E-state index in [0.29, 0.717) is 24.5 Å². The SMILES string of the molecule is CC(C)(C)OC(=O)NC1CCC(NCC2CCCCC2CO)C1. The van der Waals surface area contributed by atoms with Crippen molar-refractivity contribution in [2.45, 2.75) is 83.4 Å². The Kier molecular flexibility index (Phi) is 6.72. The second kappa shape index (κ2) is 8.34. The van der Waals surface area contributed by atoms with Gasteiger partial charge in [-0.3, -0.25) is 0 Å². The Labute approximate surface area is 140 Å². The Bertz CT molecular complexity index is 381. The lowest BCUT2D eigenvalue weighted by Gasteiger charge is -2.31. The standard InChI is InChI=1S/C18H34N2O3/c1-18(2,3)23-17(22)20-16-9-8-15(10-16)19-11-13-6-4-5-7-14(13)12-21/h13-16,19,21H,4-12H2,1-3H3,(H,20,22). The number of nitrogens with one attached hydrogen (secondary N) is 2. The van der Waals surface area contributed by atoms with Crippen LogP contribution in [0.25, 0.3) is 0 Å². The number of ether oxygens (including phenoxy) is 1. The van der Waals surface area contributed by atoms with Crippen LogP contribution in [0.15, 0.2) is 0 Å². The Morgan fingerprint density at radius 3 is 2.39 bits per heavy atom. The summed E-state index contributed by atoms with van der Waals surface area (Å²) in [5.74, 6) is 1.07. The smallest absolute Gasteiger partial charge is 0.407 e. The Balaban J connectivity index is 1.68. The van der Waals surface area contributed by atoms with Crippen molar-refractivity contribution in [3.8, 4) is 0 Å². The van der Waals surface area contributed by atoms with Crippen LogP contribution in [0.1, 0.15) is 65.7 Å². The highest BCUT2D eigenvalue weighted by molar-refractivity contribution is 5.68. The van der Waals surface area contributed by atoms with Gasteiger partial charge in [-0.25, -0.2) is 4.79 Å². The van der Waals surface area contributed by atoms with E-state index >= 15 is 0 Å². The molecule has 5 heteroatoms. The summed E-state index contributed by atoms with van der Waals surface area (Å²) in [4.78, 5) is 11.8. The van der Waals surface area contributed by atoms with Gasteiger partial charge in [0.25, 0.3) is 0 Å². The molecule has 1 amide bonds. The average molecular weight is 326 g/mol. The number of aliphatic hydroxyl groups is 1. The van der Waals surface area contributed by atoms with Crippen molar-refractivity contribution < 1.29 is 14.6 Å². The fraction of sp³-hybridized carbons (Fsp3) is 0.944. The summed E-state index contributed by atoms with van der Waals surface area (Å²) in [7, 11) is 0. The van der Waals surface area contributed by atoms with Gasteiger partial charge in [-0.1, -0.05) is 12.8 Å². The zero-order chi connectivity index (χ0) is 16.9. The zero-order valence-corrected chi connectivity index (χ0v) is 14.9. The van der Waals surface area contributed by atoms with E-state index in [4.69, 9.17) is 4.74 Å². The van der Waals surface area contributed by atoms with Gasteiger partial charge < -0.3 is 20.5 Å². The molecular weight excluding hydrogens is 292 g/mol. The molecule has 2 rings (SSSR count). The van der Waals surface area contributed by atoms with Crippen molar-refractivity contribution in [2.24, 2.45) is 11.8 Å². The lowest BCUT2D eigenvalue weighted by Crippen LogP contribution is -2.40. The molecule has 0 bridgehead atoms. The number of aliphatic hydroxyl groups excluding tert-OH is 1. The summed E-state index contributed by atoms with van der Waals surface area (Å²) >= 11 is 0. The van der Waals surface area contributed by atoms with Gasteiger partial charge in [-0.05, 0) is 71.3 Å². The fourth-order valence-corrected chi connectivity index (χ4v) is 3.88. The van der Waals surface area contributed by atoms with Crippen LogP contribution in [0.5, 0.6) is 0 Å². The molecule has 0 aromatic rings. The molecule has 2 aliphatic rings. The molecule has 0 aliphatic heterocycles. The monoisotopic (exact) mass is 326 g/mol. The first-order valence-corrected chi connectivity index (χ1v) is 9.21. The van der Waals surface area contributed by atoms with E-state index in [1.165, 1.54) is 19.3 Å². The number of carbonyl (C=O) groups excluding carboxylic acids is 1. The molecule has 4 unspecified atom stereocenters. The molecule has 2 fully saturated rings. The maximum atomic E-state index is 11.8. The van der Waals surface area contributed by atoms with E-state index in [1.54, 1.807) is 0 Å². The van der Waals surface area contributed by atoms with E-state index in [0.717, 1.165) is 32.2 Å². The number of hydrogen-bond acceptors (Lipinski definition) is 4. The van der Waals surface area contributed by atoms with Crippen molar-refractivity contribution in [1.82, 2.24) is 10.6 Å². The zero-order valence-electron chi connectivity index (χ0n) is 14.9. The number of amides is 1. The van der Waals surface area contributed by atoms with E-state index in [9.17, 15) is 9.90 Å². The Morgan fingerprint density at radius 1 is 1.09 bits per heavy atom. The van der Waals surface area contributed by atoms with E-state index in [-0.39, 0.29) is 12.1 Å². The van der Waals surface area contributed by atoms with Gasteiger partial charge in [0.1, 0.15) is 5.60 Å². The second-order valence-electron chi connectivity index (χ2n) is 8.25. The second-order valence-corrected chi connectivity index (χ2v) is 8.25. The molecule has 0 heterocycles. The minimum atomic E-state index is -0.444. The van der Waals surface area contributed by atoms with Crippen LogP contribution in [0.2, 0.25) is 0 Å². The third-order valence-electron chi connectivity index (χ3n) is 5.12. The maximum Gasteiger partial charge on any atom is 0.407 e. The first-order chi connectivity index (χ1) is 10.9. The predicted octanol–water partition coefficient (Wildman–Crippen LogP) is 2.82. The summed E-state index contributed by atoms with van der Waals surface area (Å²) in [5, 5.41) is 16.1. The molecule has 4 atom stereocenters. The summed E-state index contributed by atoms with van der Waals surface area (Å²) < 4.78 is 5.32. The van der Waals surface area contributed by atoms with Gasteiger partial charge >= 0.3 is 6.09 Å². The van der Waals surface area contributed by atoms with Crippen molar-refractivity contribution >= 4 is 6.09 Å². The molecular formula is C18H34N2O3. The quantitative estimate of drug-likeness (QED) is 0.726. The summed E-state index contributed by atoms with van der Waals surface area (Å²) in [6.07, 6.45) is 7.69. The molecule has 0 saturated heterocycles. The van der Waals surface area contributed by atoms with Gasteiger partial charge in [0, 0.05) is 18.7 Å². The third-order valence-corrected chi connectivity index (χ3v) is 5.12. The van der Waals surface area contributed by atoms with Crippen LogP contribution < -0.4 is 10.6 Å². The van der Waals surface area contributed by atoms with Gasteiger partial charge in [0.2, 0.25) is 0 Å². The maximum absolute atomic E-state index is 11.8. The summed E-state index contributed by atoms with van der Waals surface area (Å²) in [5.41, 5.74) is -0.444. The number of carbonyl (C=O) groups is 1. The molecule has 5 nitrogen and oxygen atoms in total. The van der Waals surface area contributed by atoms with Crippen molar-refractivity contribution in [1.29, 1.82) is 0 Å². The first-order valence-electron chi connectivity index (χ1n) is 9.21. The third kappa shape index (κ3) is 6.30. The fourth-order valence-electron chi connectivity index (χ4n) is 3.88. The Morgan fingerprint density at radius 2 is 1.74 bits per heavy atom. The predicted molar refractivity (Wildman–Crippen MR) is 91.3 cm³/mol. The average Bonchev–Trinajstić information content (AvgIpc) is 2.90. The number of hydrogen-bond donors (Lipinski definition) is 3. The topological polar surface area (TPSA) is 70.6 Å². The molecule has 23 heavy (non-hydrogen) atoms. The molecule has 3 N–H and O–H groups in total. The van der Waals surface area contributed by atoms with Crippen molar-refractivity contribution in [3.05, 3.63) is 0 Å². The lowest BCUT2D eigenvalue weighted by molar-refractivity contribution is 0.0505. The lowest BCUT2D eigenvalue weighted by atomic mass is 9.79. The Hall–Kier alpha value is -0.810. The first kappa shape index (κ1) is 18.5. The van der Waals surface area contributed by atoms with E-state index in [1.807, 2.05) is 20.8 Å². The summed E-state index contributed by atoms with van der Waals surface area (Å²) in [6, 6.07) is 0.679. The van der Waals surface area contributed by atoms with Gasteiger partial charge in [0.05, 0.1) is 0 Å². The normalized spacial score (nSPS) is 31.8.